The molecule has 1 unspecified atom stereocenters. The van der Waals surface area contributed by atoms with Gasteiger partial charge in [0.05, 0.1) is 17.2 Å². The van der Waals surface area contributed by atoms with Gasteiger partial charge in [0, 0.05) is 18.2 Å². The Morgan fingerprint density at radius 3 is 2.42 bits per heavy atom. The van der Waals surface area contributed by atoms with E-state index in [4.69, 9.17) is 33.0 Å². The van der Waals surface area contributed by atoms with Gasteiger partial charge in [0.15, 0.2) is 5.75 Å². The molecule has 1 aromatic rings. The average molecular weight is 306 g/mol. The van der Waals surface area contributed by atoms with Crippen LogP contribution in [0.15, 0.2) is 12.1 Å². The normalized spacial score (nSPS) is 12.1. The van der Waals surface area contributed by atoms with Crippen molar-refractivity contribution < 1.29 is 14.6 Å². The highest BCUT2D eigenvalue weighted by molar-refractivity contribution is 6.37. The van der Waals surface area contributed by atoms with E-state index < -0.39 is 0 Å². The van der Waals surface area contributed by atoms with Gasteiger partial charge in [-0.25, -0.2) is 0 Å². The molecule has 0 saturated heterocycles. The molecular formula is C13H17Cl2NO3. The molecule has 4 nitrogen and oxygen atoms in total. The molecule has 0 fully saturated rings. The Bertz CT molecular complexity index is 429. The van der Waals surface area contributed by atoms with Crippen LogP contribution in [0.1, 0.15) is 30.1 Å². The van der Waals surface area contributed by atoms with E-state index in [2.05, 4.69) is 5.32 Å². The Kier molecular flexibility index (Phi) is 6.42. The third-order valence-corrected chi connectivity index (χ3v) is 3.33. The van der Waals surface area contributed by atoms with Crippen LogP contribution >= 0.6 is 23.2 Å². The monoisotopic (exact) mass is 305 g/mol. The number of carbonyl (C=O) groups excluding carboxylic acids is 1. The Hall–Kier alpha value is -0.970. The number of methoxy groups -OCH3 is 1. The van der Waals surface area contributed by atoms with Gasteiger partial charge < -0.3 is 15.2 Å². The summed E-state index contributed by atoms with van der Waals surface area (Å²) in [4.78, 5) is 12.0. The number of halogens is 2. The van der Waals surface area contributed by atoms with Gasteiger partial charge >= 0.3 is 0 Å². The van der Waals surface area contributed by atoms with Crippen molar-refractivity contribution in [2.45, 2.75) is 25.8 Å². The molecule has 0 aliphatic heterocycles. The summed E-state index contributed by atoms with van der Waals surface area (Å²) in [7, 11) is 1.46. The number of amides is 1. The standard InChI is InChI=1S/C13H17Cl2NO3/c1-3-9(4-5-17)16-13(18)8-6-10(14)12(19-2)11(15)7-8/h6-7,9,17H,3-5H2,1-2H3,(H,16,18). The highest BCUT2D eigenvalue weighted by Gasteiger charge is 2.16. The zero-order valence-corrected chi connectivity index (χ0v) is 12.4. The highest BCUT2D eigenvalue weighted by atomic mass is 35.5. The molecule has 0 spiro atoms. The Morgan fingerprint density at radius 1 is 1.42 bits per heavy atom. The van der Waals surface area contributed by atoms with Gasteiger partial charge in [-0.2, -0.15) is 0 Å². The van der Waals surface area contributed by atoms with Crippen LogP contribution in [0, 0.1) is 0 Å². The first-order chi connectivity index (χ1) is 9.03. The average Bonchev–Trinajstić information content (AvgIpc) is 2.37. The summed E-state index contributed by atoms with van der Waals surface area (Å²) in [5.41, 5.74) is 0.368. The lowest BCUT2D eigenvalue weighted by Crippen LogP contribution is -2.35. The van der Waals surface area contributed by atoms with E-state index in [1.807, 2.05) is 6.92 Å². The van der Waals surface area contributed by atoms with E-state index in [1.165, 1.54) is 19.2 Å². The molecule has 1 aromatic carbocycles. The predicted octanol–water partition coefficient (Wildman–Crippen LogP) is 2.89. The maximum absolute atomic E-state index is 12.0. The number of rotatable bonds is 6. The number of hydrogen-bond donors (Lipinski definition) is 2. The van der Waals surface area contributed by atoms with Crippen molar-refractivity contribution in [2.75, 3.05) is 13.7 Å². The summed E-state index contributed by atoms with van der Waals surface area (Å²) in [6.07, 6.45) is 1.25. The van der Waals surface area contributed by atoms with Crippen LogP contribution < -0.4 is 10.1 Å². The minimum Gasteiger partial charge on any atom is -0.494 e. The molecule has 0 aromatic heterocycles. The van der Waals surface area contributed by atoms with Crippen molar-refractivity contribution >= 4 is 29.1 Å². The number of aliphatic hydroxyl groups is 1. The van der Waals surface area contributed by atoms with Crippen LogP contribution in [-0.2, 0) is 0 Å². The number of benzene rings is 1. The van der Waals surface area contributed by atoms with Crippen LogP contribution in [0.3, 0.4) is 0 Å². The second-order valence-corrected chi connectivity index (χ2v) is 4.88. The van der Waals surface area contributed by atoms with Crippen LogP contribution in [0.5, 0.6) is 5.75 Å². The van der Waals surface area contributed by atoms with E-state index in [0.29, 0.717) is 17.7 Å². The van der Waals surface area contributed by atoms with Crippen LogP contribution in [0.4, 0.5) is 0 Å². The van der Waals surface area contributed by atoms with Crippen molar-refractivity contribution in [2.24, 2.45) is 0 Å². The van der Waals surface area contributed by atoms with E-state index in [9.17, 15) is 4.79 Å². The number of carbonyl (C=O) groups is 1. The second-order valence-electron chi connectivity index (χ2n) is 4.06. The third kappa shape index (κ3) is 4.27. The number of hydrogen-bond acceptors (Lipinski definition) is 3. The van der Waals surface area contributed by atoms with E-state index in [1.54, 1.807) is 0 Å². The van der Waals surface area contributed by atoms with Crippen molar-refractivity contribution in [3.8, 4) is 5.75 Å². The maximum atomic E-state index is 12.0. The van der Waals surface area contributed by atoms with Gasteiger partial charge in [0.1, 0.15) is 0 Å². The Balaban J connectivity index is 2.88. The lowest BCUT2D eigenvalue weighted by molar-refractivity contribution is 0.0929. The molecule has 0 saturated carbocycles. The predicted molar refractivity (Wildman–Crippen MR) is 76.3 cm³/mol. The van der Waals surface area contributed by atoms with Crippen LogP contribution in [0.2, 0.25) is 10.0 Å². The lowest BCUT2D eigenvalue weighted by Gasteiger charge is -2.16. The lowest BCUT2D eigenvalue weighted by atomic mass is 10.1. The number of nitrogens with one attached hydrogen (secondary N) is 1. The summed E-state index contributed by atoms with van der Waals surface area (Å²) in [5, 5.41) is 12.3. The summed E-state index contributed by atoms with van der Waals surface area (Å²) < 4.78 is 5.02. The van der Waals surface area contributed by atoms with Gasteiger partial charge in [-0.3, -0.25) is 4.79 Å². The fourth-order valence-corrected chi connectivity index (χ4v) is 2.33. The first kappa shape index (κ1) is 16.1. The minimum atomic E-state index is -0.272. The molecular weight excluding hydrogens is 289 g/mol. The molecule has 1 atom stereocenters. The third-order valence-electron chi connectivity index (χ3n) is 2.77. The first-order valence-corrected chi connectivity index (χ1v) is 6.73. The minimum absolute atomic E-state index is 0.0307. The summed E-state index contributed by atoms with van der Waals surface area (Å²) in [5.74, 6) is 0.0778. The van der Waals surface area contributed by atoms with Gasteiger partial charge in [-0.15, -0.1) is 0 Å². The second kappa shape index (κ2) is 7.58. The Morgan fingerprint density at radius 2 is 2.00 bits per heavy atom. The fraction of sp³-hybridized carbons (Fsp3) is 0.462. The summed E-state index contributed by atoms with van der Waals surface area (Å²) in [6, 6.07) is 2.94. The smallest absolute Gasteiger partial charge is 0.251 e. The number of ether oxygens (including phenoxy) is 1. The Labute approximate surface area is 122 Å². The van der Waals surface area contributed by atoms with Gasteiger partial charge in [0.2, 0.25) is 0 Å². The van der Waals surface area contributed by atoms with Crippen LogP contribution in [-0.4, -0.2) is 30.8 Å². The molecule has 0 radical (unpaired) electrons. The fourth-order valence-electron chi connectivity index (χ4n) is 1.69. The number of aliphatic hydroxyl groups excluding tert-OH is 1. The zero-order valence-electron chi connectivity index (χ0n) is 10.9. The topological polar surface area (TPSA) is 58.6 Å². The van der Waals surface area contributed by atoms with Crippen molar-refractivity contribution in [1.82, 2.24) is 5.32 Å². The van der Waals surface area contributed by atoms with Crippen molar-refractivity contribution in [1.29, 1.82) is 0 Å². The molecule has 1 amide bonds. The molecule has 0 aliphatic carbocycles. The van der Waals surface area contributed by atoms with E-state index in [0.717, 1.165) is 6.42 Å². The quantitative estimate of drug-likeness (QED) is 0.849. The molecule has 1 rings (SSSR count). The maximum Gasteiger partial charge on any atom is 0.251 e. The highest BCUT2D eigenvalue weighted by Crippen LogP contribution is 2.33. The largest absolute Gasteiger partial charge is 0.494 e. The summed E-state index contributed by atoms with van der Waals surface area (Å²) >= 11 is 12.0. The molecule has 0 aliphatic rings. The van der Waals surface area contributed by atoms with Gasteiger partial charge in [-0.1, -0.05) is 30.1 Å². The first-order valence-electron chi connectivity index (χ1n) is 5.98. The molecule has 6 heteroatoms. The van der Waals surface area contributed by atoms with Crippen LogP contribution in [0.25, 0.3) is 0 Å². The zero-order chi connectivity index (χ0) is 14.4. The van der Waals surface area contributed by atoms with Gasteiger partial charge in [0.25, 0.3) is 5.91 Å². The van der Waals surface area contributed by atoms with Gasteiger partial charge in [-0.05, 0) is 25.0 Å². The molecule has 2 N–H and O–H groups in total. The molecule has 106 valence electrons. The van der Waals surface area contributed by atoms with E-state index >= 15 is 0 Å². The molecule has 0 bridgehead atoms. The summed E-state index contributed by atoms with van der Waals surface area (Å²) in [6.45, 7) is 1.97. The van der Waals surface area contributed by atoms with Crippen molar-refractivity contribution in [3.63, 3.8) is 0 Å². The van der Waals surface area contributed by atoms with E-state index in [-0.39, 0.29) is 28.6 Å². The van der Waals surface area contributed by atoms with Crippen molar-refractivity contribution in [3.05, 3.63) is 27.7 Å². The SMILES string of the molecule is CCC(CCO)NC(=O)c1cc(Cl)c(OC)c(Cl)c1. The molecule has 19 heavy (non-hydrogen) atoms. The molecule has 0 heterocycles.